The minimum Gasteiger partial charge on any atom is -0.391 e. The van der Waals surface area contributed by atoms with Gasteiger partial charge in [-0.05, 0) is 39.1 Å². The lowest BCUT2D eigenvalue weighted by Gasteiger charge is -2.32. The first kappa shape index (κ1) is 15.0. The predicted molar refractivity (Wildman–Crippen MR) is 78.0 cm³/mol. The molecule has 0 aliphatic rings. The minimum atomic E-state index is -0.258. The Labute approximate surface area is 113 Å². The molecule has 0 aliphatic carbocycles. The number of thiophene rings is 1. The van der Waals surface area contributed by atoms with Crippen LogP contribution in [0.25, 0.3) is 0 Å². The van der Waals surface area contributed by atoms with Crippen molar-refractivity contribution >= 4 is 23.1 Å². The summed E-state index contributed by atoms with van der Waals surface area (Å²) in [6.07, 6.45) is -0.258. The quantitative estimate of drug-likeness (QED) is 0.771. The summed E-state index contributed by atoms with van der Waals surface area (Å²) in [4.78, 5) is 2.33. The minimum absolute atomic E-state index is 0.258. The molecule has 2 nitrogen and oxygen atoms in total. The molecule has 0 aliphatic heterocycles. The monoisotopic (exact) mass is 273 g/mol. The summed E-state index contributed by atoms with van der Waals surface area (Å²) < 4.78 is 1.28. The molecule has 0 saturated carbocycles. The van der Waals surface area contributed by atoms with Gasteiger partial charge in [0.2, 0.25) is 0 Å². The third-order valence-corrected chi connectivity index (χ3v) is 4.94. The number of aliphatic hydroxyl groups excluding tert-OH is 1. The average molecular weight is 273 g/mol. The van der Waals surface area contributed by atoms with E-state index in [9.17, 15) is 5.11 Å². The van der Waals surface area contributed by atoms with Crippen LogP contribution >= 0.6 is 23.1 Å². The van der Waals surface area contributed by atoms with E-state index >= 15 is 0 Å². The zero-order valence-corrected chi connectivity index (χ0v) is 12.7. The van der Waals surface area contributed by atoms with Gasteiger partial charge in [-0.25, -0.2) is 0 Å². The van der Waals surface area contributed by atoms with Crippen molar-refractivity contribution in [3.05, 3.63) is 17.5 Å². The van der Waals surface area contributed by atoms with E-state index in [2.05, 4.69) is 44.0 Å². The Hall–Kier alpha value is -0.0300. The van der Waals surface area contributed by atoms with E-state index in [4.69, 9.17) is 0 Å². The summed E-state index contributed by atoms with van der Waals surface area (Å²) >= 11 is 3.48. The Morgan fingerprint density at radius 1 is 1.29 bits per heavy atom. The molecule has 0 spiro atoms. The molecule has 0 radical (unpaired) electrons. The molecule has 1 aromatic rings. The number of rotatable bonds is 7. The van der Waals surface area contributed by atoms with Gasteiger partial charge in [0.15, 0.2) is 0 Å². The van der Waals surface area contributed by atoms with E-state index in [-0.39, 0.29) is 6.10 Å². The smallest absolute Gasteiger partial charge is 0.0761 e. The first-order valence-corrected chi connectivity index (χ1v) is 7.97. The van der Waals surface area contributed by atoms with Crippen LogP contribution in [0.3, 0.4) is 0 Å². The molecule has 0 saturated heterocycles. The fourth-order valence-electron chi connectivity index (χ4n) is 1.84. The summed E-state index contributed by atoms with van der Waals surface area (Å²) in [7, 11) is 0. The molecule has 0 amide bonds. The summed E-state index contributed by atoms with van der Waals surface area (Å²) in [5.74, 6) is 0.774. The van der Waals surface area contributed by atoms with E-state index < -0.39 is 0 Å². The van der Waals surface area contributed by atoms with Crippen LogP contribution in [-0.2, 0) is 0 Å². The molecule has 1 N–H and O–H groups in total. The van der Waals surface area contributed by atoms with E-state index in [1.165, 1.54) is 4.21 Å². The number of nitrogens with zero attached hydrogens (tertiary/aromatic N) is 1. The molecule has 1 aromatic heterocycles. The highest BCUT2D eigenvalue weighted by atomic mass is 32.2. The average Bonchev–Trinajstić information content (AvgIpc) is 2.74. The Morgan fingerprint density at radius 2 is 1.94 bits per heavy atom. The number of hydrogen-bond acceptors (Lipinski definition) is 4. The molecule has 0 bridgehead atoms. The molecule has 1 heterocycles. The van der Waals surface area contributed by atoms with E-state index in [0.29, 0.717) is 12.1 Å². The van der Waals surface area contributed by atoms with Crippen LogP contribution < -0.4 is 0 Å². The van der Waals surface area contributed by atoms with Crippen molar-refractivity contribution in [2.45, 2.75) is 50.1 Å². The van der Waals surface area contributed by atoms with E-state index in [0.717, 1.165) is 12.3 Å². The third kappa shape index (κ3) is 5.42. The molecule has 1 rings (SSSR count). The first-order valence-electron chi connectivity index (χ1n) is 6.10. The summed E-state index contributed by atoms with van der Waals surface area (Å²) in [6.45, 7) is 9.48. The van der Waals surface area contributed by atoms with Gasteiger partial charge in [-0.2, -0.15) is 0 Å². The van der Waals surface area contributed by atoms with Crippen molar-refractivity contribution in [3.8, 4) is 0 Å². The van der Waals surface area contributed by atoms with Crippen LogP contribution in [-0.4, -0.2) is 40.5 Å². The molecule has 17 heavy (non-hydrogen) atoms. The largest absolute Gasteiger partial charge is 0.391 e. The zero-order valence-electron chi connectivity index (χ0n) is 11.1. The number of hydrogen-bond donors (Lipinski definition) is 1. The molecular formula is C13H23NOS2. The number of aliphatic hydroxyl groups is 1. The Bertz CT molecular complexity index is 290. The van der Waals surface area contributed by atoms with Crippen LogP contribution in [0.15, 0.2) is 21.7 Å². The van der Waals surface area contributed by atoms with Crippen LogP contribution in [0.5, 0.6) is 0 Å². The van der Waals surface area contributed by atoms with Crippen molar-refractivity contribution < 1.29 is 5.11 Å². The second-order valence-electron chi connectivity index (χ2n) is 4.78. The second-order valence-corrected chi connectivity index (χ2v) is 7.05. The van der Waals surface area contributed by atoms with E-state index in [1.54, 1.807) is 23.1 Å². The van der Waals surface area contributed by atoms with E-state index in [1.807, 2.05) is 6.07 Å². The normalized spacial score (nSPS) is 13.9. The van der Waals surface area contributed by atoms with Crippen LogP contribution in [0, 0.1) is 0 Å². The summed E-state index contributed by atoms with van der Waals surface area (Å²) in [5.41, 5.74) is 0. The summed E-state index contributed by atoms with van der Waals surface area (Å²) in [5, 5.41) is 12.1. The number of thioether (sulfide) groups is 1. The van der Waals surface area contributed by atoms with Crippen molar-refractivity contribution in [1.29, 1.82) is 0 Å². The topological polar surface area (TPSA) is 23.5 Å². The highest BCUT2D eigenvalue weighted by molar-refractivity contribution is 8.01. The van der Waals surface area contributed by atoms with Crippen molar-refractivity contribution in [1.82, 2.24) is 4.90 Å². The van der Waals surface area contributed by atoms with Gasteiger partial charge in [-0.1, -0.05) is 6.07 Å². The van der Waals surface area contributed by atoms with Gasteiger partial charge < -0.3 is 5.11 Å². The van der Waals surface area contributed by atoms with Gasteiger partial charge in [0, 0.05) is 24.4 Å². The Kier molecular flexibility index (Phi) is 6.55. The fraction of sp³-hybridized carbons (Fsp3) is 0.692. The van der Waals surface area contributed by atoms with Gasteiger partial charge in [-0.3, -0.25) is 4.90 Å². The van der Waals surface area contributed by atoms with Gasteiger partial charge in [0.1, 0.15) is 0 Å². The maximum atomic E-state index is 10.1. The van der Waals surface area contributed by atoms with Gasteiger partial charge in [0.05, 0.1) is 10.3 Å². The van der Waals surface area contributed by atoms with Crippen molar-refractivity contribution in [2.75, 3.05) is 12.3 Å². The van der Waals surface area contributed by atoms with Gasteiger partial charge in [0.25, 0.3) is 0 Å². The molecule has 4 heteroatoms. The second kappa shape index (κ2) is 7.41. The van der Waals surface area contributed by atoms with Crippen LogP contribution in [0.4, 0.5) is 0 Å². The first-order chi connectivity index (χ1) is 8.00. The molecule has 1 unspecified atom stereocenters. The molecule has 0 aromatic carbocycles. The van der Waals surface area contributed by atoms with Crippen LogP contribution in [0.1, 0.15) is 27.7 Å². The zero-order chi connectivity index (χ0) is 12.8. The Morgan fingerprint density at radius 3 is 2.41 bits per heavy atom. The lowest BCUT2D eigenvalue weighted by Crippen LogP contribution is -2.42. The highest BCUT2D eigenvalue weighted by Crippen LogP contribution is 2.24. The summed E-state index contributed by atoms with van der Waals surface area (Å²) in [6, 6.07) is 5.12. The highest BCUT2D eigenvalue weighted by Gasteiger charge is 2.17. The lowest BCUT2D eigenvalue weighted by atomic mass is 10.2. The van der Waals surface area contributed by atoms with Crippen LogP contribution in [0.2, 0.25) is 0 Å². The predicted octanol–water partition coefficient (Wildman–Crippen LogP) is 3.32. The maximum Gasteiger partial charge on any atom is 0.0761 e. The molecule has 1 atom stereocenters. The lowest BCUT2D eigenvalue weighted by molar-refractivity contribution is 0.0887. The van der Waals surface area contributed by atoms with Crippen molar-refractivity contribution in [3.63, 3.8) is 0 Å². The SMILES string of the molecule is CC(C)N(CC(O)CSc1cccs1)C(C)C. The molecule has 98 valence electrons. The fourth-order valence-corrected chi connectivity index (χ4v) is 3.57. The molecule has 0 fully saturated rings. The Balaban J connectivity index is 2.34. The van der Waals surface area contributed by atoms with Gasteiger partial charge >= 0.3 is 0 Å². The van der Waals surface area contributed by atoms with Gasteiger partial charge in [-0.15, -0.1) is 23.1 Å². The third-order valence-electron chi connectivity index (χ3n) is 2.66. The standard InChI is InChI=1S/C13H23NOS2/c1-10(2)14(11(3)4)8-12(15)9-17-13-6-5-7-16-13/h5-7,10-12,15H,8-9H2,1-4H3. The van der Waals surface area contributed by atoms with Crippen molar-refractivity contribution in [2.24, 2.45) is 0 Å². The maximum absolute atomic E-state index is 10.1. The molecular weight excluding hydrogens is 250 g/mol.